The van der Waals surface area contributed by atoms with Crippen LogP contribution in [0.2, 0.25) is 0 Å². The molecule has 0 aliphatic heterocycles. The standard InChI is InChI=1S/C62H50N3OP/c1-67(2,66)52-36-31-44(32-37-52)48-18-13-19-50(39-48)62(40-41-24-33-51(62)38-41)49-34-29-47(30-35-49)60-63-59(46-27-25-43(26-28-46)42-14-5-3-6-15-42)64-61(65-60)58-55-22-11-9-20-53(55)57(45-16-7-4-8-17-45)54-21-10-12-23-56(54)58/h3-23,25-32,34-37,39,41,51H,24,33,38,40H2,1-2H3. The van der Waals surface area contributed by atoms with Gasteiger partial charge in [0.15, 0.2) is 17.5 Å². The third-order valence-electron chi connectivity index (χ3n) is 14.8. The molecule has 2 bridgehead atoms. The van der Waals surface area contributed by atoms with Crippen molar-refractivity contribution >= 4 is 34.0 Å². The van der Waals surface area contributed by atoms with Gasteiger partial charge >= 0.3 is 0 Å². The highest BCUT2D eigenvalue weighted by Gasteiger charge is 2.52. The van der Waals surface area contributed by atoms with Gasteiger partial charge in [-0.3, -0.25) is 0 Å². The van der Waals surface area contributed by atoms with E-state index in [4.69, 9.17) is 15.0 Å². The van der Waals surface area contributed by atoms with Crippen molar-refractivity contribution in [2.75, 3.05) is 13.3 Å². The maximum absolute atomic E-state index is 12.8. The molecule has 0 amide bonds. The minimum absolute atomic E-state index is 0.0891. The average Bonchev–Trinajstić information content (AvgIpc) is 4.02. The van der Waals surface area contributed by atoms with Crippen molar-refractivity contribution in [3.8, 4) is 67.5 Å². The highest BCUT2D eigenvalue weighted by atomic mass is 31.2. The summed E-state index contributed by atoms with van der Waals surface area (Å²) in [6, 6.07) is 73.9. The summed E-state index contributed by atoms with van der Waals surface area (Å²) in [5.41, 5.74) is 12.6. The first-order valence-corrected chi connectivity index (χ1v) is 26.2. The fraction of sp³-hybridized carbons (Fsp3) is 0.145. The van der Waals surface area contributed by atoms with E-state index in [1.165, 1.54) is 52.6 Å². The first-order chi connectivity index (χ1) is 32.8. The molecule has 4 nitrogen and oxygen atoms in total. The molecule has 2 saturated carbocycles. The zero-order valence-electron chi connectivity index (χ0n) is 37.8. The van der Waals surface area contributed by atoms with Crippen LogP contribution >= 0.6 is 7.14 Å². The Labute approximate surface area is 392 Å². The van der Waals surface area contributed by atoms with Gasteiger partial charge in [-0.1, -0.05) is 213 Å². The van der Waals surface area contributed by atoms with E-state index < -0.39 is 7.14 Å². The summed E-state index contributed by atoms with van der Waals surface area (Å²) in [6.45, 7) is 3.68. The number of hydrogen-bond acceptors (Lipinski definition) is 4. The summed E-state index contributed by atoms with van der Waals surface area (Å²) in [5, 5.41) is 5.44. The molecule has 10 aromatic rings. The van der Waals surface area contributed by atoms with E-state index in [2.05, 4.69) is 188 Å². The topological polar surface area (TPSA) is 55.7 Å². The van der Waals surface area contributed by atoms with E-state index in [1.807, 2.05) is 31.5 Å². The molecular formula is C62H50N3OP. The van der Waals surface area contributed by atoms with E-state index in [-0.39, 0.29) is 5.41 Å². The van der Waals surface area contributed by atoms with Crippen LogP contribution in [0, 0.1) is 11.8 Å². The van der Waals surface area contributed by atoms with Crippen LogP contribution in [-0.4, -0.2) is 28.3 Å². The van der Waals surface area contributed by atoms with E-state index in [1.54, 1.807) is 0 Å². The molecule has 5 heteroatoms. The van der Waals surface area contributed by atoms with Crippen LogP contribution in [0.25, 0.3) is 89.1 Å². The van der Waals surface area contributed by atoms with Crippen LogP contribution in [0.4, 0.5) is 0 Å². The van der Waals surface area contributed by atoms with E-state index in [9.17, 15) is 4.57 Å². The van der Waals surface area contributed by atoms with Gasteiger partial charge in [0, 0.05) is 27.4 Å². The minimum Gasteiger partial charge on any atom is -0.319 e. The highest BCUT2D eigenvalue weighted by Crippen LogP contribution is 2.60. The first-order valence-electron chi connectivity index (χ1n) is 23.6. The zero-order chi connectivity index (χ0) is 45.1. The Morgan fingerprint density at radius 2 is 0.881 bits per heavy atom. The van der Waals surface area contributed by atoms with Gasteiger partial charge in [-0.25, -0.2) is 15.0 Å². The number of benzene rings is 9. The largest absolute Gasteiger partial charge is 0.319 e. The maximum Gasteiger partial charge on any atom is 0.165 e. The molecule has 2 aliphatic carbocycles. The molecule has 0 saturated heterocycles. The van der Waals surface area contributed by atoms with Crippen LogP contribution in [-0.2, 0) is 9.98 Å². The Hall–Kier alpha value is -7.26. The van der Waals surface area contributed by atoms with Crippen molar-refractivity contribution in [1.82, 2.24) is 15.0 Å². The van der Waals surface area contributed by atoms with Crippen LogP contribution in [0.3, 0.4) is 0 Å². The number of aromatic nitrogens is 3. The van der Waals surface area contributed by atoms with Gasteiger partial charge in [-0.2, -0.15) is 0 Å². The first kappa shape index (κ1) is 41.2. The van der Waals surface area contributed by atoms with E-state index in [0.717, 1.165) is 67.0 Å². The lowest BCUT2D eigenvalue weighted by atomic mass is 9.64. The maximum atomic E-state index is 12.8. The molecule has 0 N–H and O–H groups in total. The summed E-state index contributed by atoms with van der Waals surface area (Å²) in [6.07, 6.45) is 4.95. The molecule has 0 spiro atoms. The van der Waals surface area contributed by atoms with Crippen LogP contribution < -0.4 is 5.30 Å². The van der Waals surface area contributed by atoms with Crippen molar-refractivity contribution < 1.29 is 4.57 Å². The van der Waals surface area contributed by atoms with Crippen LogP contribution in [0.15, 0.2) is 206 Å². The fourth-order valence-corrected chi connectivity index (χ4v) is 12.5. The van der Waals surface area contributed by atoms with E-state index in [0.29, 0.717) is 23.4 Å². The van der Waals surface area contributed by atoms with E-state index >= 15 is 0 Å². The molecule has 2 aliphatic rings. The third-order valence-corrected chi connectivity index (χ3v) is 16.4. The predicted molar refractivity (Wildman–Crippen MR) is 279 cm³/mol. The van der Waals surface area contributed by atoms with Crippen molar-refractivity contribution in [2.45, 2.75) is 31.1 Å². The van der Waals surface area contributed by atoms with Gasteiger partial charge in [0.25, 0.3) is 0 Å². The molecule has 1 heterocycles. The fourth-order valence-electron chi connectivity index (χ4n) is 11.6. The number of fused-ring (bicyclic) bond motifs is 4. The quantitative estimate of drug-likeness (QED) is 0.107. The Morgan fingerprint density at radius 3 is 1.43 bits per heavy atom. The third kappa shape index (κ3) is 7.32. The molecule has 1 aromatic heterocycles. The molecule has 67 heavy (non-hydrogen) atoms. The second-order valence-electron chi connectivity index (χ2n) is 19.1. The Kier molecular flexibility index (Phi) is 10.2. The smallest absolute Gasteiger partial charge is 0.165 e. The summed E-state index contributed by atoms with van der Waals surface area (Å²) in [5.74, 6) is 3.23. The van der Waals surface area contributed by atoms with Crippen LogP contribution in [0.1, 0.15) is 36.8 Å². The molecule has 0 radical (unpaired) electrons. The van der Waals surface area contributed by atoms with Crippen molar-refractivity contribution in [3.05, 3.63) is 217 Å². The van der Waals surface area contributed by atoms with Gasteiger partial charge in [0.2, 0.25) is 0 Å². The Bertz CT molecular complexity index is 3450. The summed E-state index contributed by atoms with van der Waals surface area (Å²) < 4.78 is 12.8. The Balaban J connectivity index is 1.00. The molecule has 324 valence electrons. The van der Waals surface area contributed by atoms with Gasteiger partial charge < -0.3 is 4.57 Å². The highest BCUT2D eigenvalue weighted by molar-refractivity contribution is 7.70. The van der Waals surface area contributed by atoms with Crippen LogP contribution in [0.5, 0.6) is 0 Å². The van der Waals surface area contributed by atoms with Crippen molar-refractivity contribution in [2.24, 2.45) is 11.8 Å². The van der Waals surface area contributed by atoms with Crippen molar-refractivity contribution in [1.29, 1.82) is 0 Å². The molecule has 12 rings (SSSR count). The summed E-state index contributed by atoms with van der Waals surface area (Å²) >= 11 is 0. The number of nitrogens with zero attached hydrogens (tertiary/aromatic N) is 3. The van der Waals surface area contributed by atoms with Gasteiger partial charge in [0.1, 0.15) is 7.14 Å². The monoisotopic (exact) mass is 883 g/mol. The average molecular weight is 884 g/mol. The lowest BCUT2D eigenvalue weighted by Crippen LogP contribution is -2.34. The minimum atomic E-state index is -2.34. The van der Waals surface area contributed by atoms with Gasteiger partial charge in [-0.05, 0) is 110 Å². The summed E-state index contributed by atoms with van der Waals surface area (Å²) in [7, 11) is -2.34. The lowest BCUT2D eigenvalue weighted by Gasteiger charge is -2.39. The predicted octanol–water partition coefficient (Wildman–Crippen LogP) is 15.5. The second kappa shape index (κ2) is 16.6. The van der Waals surface area contributed by atoms with Gasteiger partial charge in [0.05, 0.1) is 0 Å². The molecule has 3 atom stereocenters. The second-order valence-corrected chi connectivity index (χ2v) is 22.3. The SMILES string of the molecule is CP(C)(=O)c1ccc(-c2cccc(C3(c4ccc(-c5nc(-c6ccc(-c7ccccc7)cc6)nc(-c6c7ccccc7c(-c7ccccc7)c7ccccc67)n5)cc4)CC4CCC3C4)c2)cc1. The molecule has 2 fully saturated rings. The molecule has 9 aromatic carbocycles. The molecular weight excluding hydrogens is 834 g/mol. The Morgan fingerprint density at radius 1 is 0.418 bits per heavy atom. The zero-order valence-corrected chi connectivity index (χ0v) is 38.7. The number of hydrogen-bond donors (Lipinski definition) is 0. The lowest BCUT2D eigenvalue weighted by molar-refractivity contribution is 0.320. The van der Waals surface area contributed by atoms with Gasteiger partial charge in [-0.15, -0.1) is 0 Å². The number of rotatable bonds is 9. The molecule has 3 unspecified atom stereocenters. The normalized spacial score (nSPS) is 17.9. The summed E-state index contributed by atoms with van der Waals surface area (Å²) in [4.78, 5) is 16.1. The van der Waals surface area contributed by atoms with Crippen molar-refractivity contribution in [3.63, 3.8) is 0 Å².